The van der Waals surface area contributed by atoms with Crippen LogP contribution in [0.25, 0.3) is 10.2 Å². The van der Waals surface area contributed by atoms with E-state index in [0.29, 0.717) is 23.5 Å². The summed E-state index contributed by atoms with van der Waals surface area (Å²) in [6, 6.07) is 10.2. The normalized spacial score (nSPS) is 12.8. The van der Waals surface area contributed by atoms with Crippen LogP contribution in [0.2, 0.25) is 0 Å². The molecule has 0 N–H and O–H groups in total. The Kier molecular flexibility index (Phi) is 7.13. The first-order chi connectivity index (χ1) is 14.7. The molecule has 0 atom stereocenters. The average Bonchev–Trinajstić information content (AvgIpc) is 3.06. The highest BCUT2D eigenvalue weighted by molar-refractivity contribution is 7.89. The third-order valence-electron chi connectivity index (χ3n) is 5.37. The fourth-order valence-electron chi connectivity index (χ4n) is 3.56. The van der Waals surface area contributed by atoms with Crippen molar-refractivity contribution in [3.05, 3.63) is 57.9 Å². The van der Waals surface area contributed by atoms with Crippen LogP contribution in [0, 0.1) is 13.8 Å². The zero-order valence-electron chi connectivity index (χ0n) is 18.7. The number of aryl methyl sites for hydroxylation is 3. The number of amides is 1. The third-order valence-corrected chi connectivity index (χ3v) is 8.38. The quantitative estimate of drug-likeness (QED) is 0.525. The lowest BCUT2D eigenvalue weighted by molar-refractivity contribution is 0.0998. The van der Waals surface area contributed by atoms with Gasteiger partial charge in [-0.05, 0) is 68.1 Å². The largest absolute Gasteiger partial charge is 0.319 e. The monoisotopic (exact) mass is 459 g/mol. The van der Waals surface area contributed by atoms with E-state index in [1.165, 1.54) is 51.0 Å². The number of sulfonamides is 1. The predicted molar refractivity (Wildman–Crippen MR) is 126 cm³/mol. The fourth-order valence-corrected chi connectivity index (χ4v) is 6.26. The Morgan fingerprint density at radius 3 is 2.23 bits per heavy atom. The first-order valence-electron chi connectivity index (χ1n) is 10.5. The zero-order valence-corrected chi connectivity index (χ0v) is 20.3. The molecule has 31 heavy (non-hydrogen) atoms. The Bertz CT molecular complexity index is 1260. The number of benzene rings is 2. The fraction of sp³-hybridized carbons (Fsp3) is 0.391. The SMILES string of the molecule is CCCN(CCC)S(=O)(=O)c1ccc(C(=O)N=c2sc3ccc(C)c(C)c3n2C)cc1. The van der Waals surface area contributed by atoms with E-state index in [0.717, 1.165) is 23.1 Å². The molecule has 0 saturated carbocycles. The lowest BCUT2D eigenvalue weighted by atomic mass is 10.1. The van der Waals surface area contributed by atoms with Crippen LogP contribution in [-0.2, 0) is 17.1 Å². The molecule has 0 saturated heterocycles. The maximum Gasteiger partial charge on any atom is 0.279 e. The van der Waals surface area contributed by atoms with Gasteiger partial charge < -0.3 is 4.57 Å². The van der Waals surface area contributed by atoms with Crippen molar-refractivity contribution in [3.63, 3.8) is 0 Å². The summed E-state index contributed by atoms with van der Waals surface area (Å²) >= 11 is 1.46. The minimum Gasteiger partial charge on any atom is -0.319 e. The van der Waals surface area contributed by atoms with Crippen molar-refractivity contribution in [2.45, 2.75) is 45.4 Å². The highest BCUT2D eigenvalue weighted by Crippen LogP contribution is 2.23. The van der Waals surface area contributed by atoms with Crippen molar-refractivity contribution in [2.75, 3.05) is 13.1 Å². The third kappa shape index (κ3) is 4.66. The molecule has 0 aliphatic carbocycles. The van der Waals surface area contributed by atoms with Crippen LogP contribution < -0.4 is 4.80 Å². The van der Waals surface area contributed by atoms with Gasteiger partial charge in [-0.25, -0.2) is 8.42 Å². The second kappa shape index (κ2) is 9.46. The van der Waals surface area contributed by atoms with E-state index >= 15 is 0 Å². The molecular weight excluding hydrogens is 430 g/mol. The highest BCUT2D eigenvalue weighted by atomic mass is 32.2. The minimum absolute atomic E-state index is 0.199. The second-order valence-electron chi connectivity index (χ2n) is 7.64. The number of rotatable bonds is 7. The number of aromatic nitrogens is 1. The smallest absolute Gasteiger partial charge is 0.279 e. The van der Waals surface area contributed by atoms with Gasteiger partial charge in [-0.15, -0.1) is 0 Å². The molecule has 3 aromatic rings. The van der Waals surface area contributed by atoms with Crippen molar-refractivity contribution in [2.24, 2.45) is 12.0 Å². The van der Waals surface area contributed by atoms with E-state index in [1.807, 2.05) is 31.5 Å². The molecule has 0 spiro atoms. The Balaban J connectivity index is 1.93. The van der Waals surface area contributed by atoms with Crippen LogP contribution in [0.15, 0.2) is 46.3 Å². The molecule has 1 aromatic heterocycles. The summed E-state index contributed by atoms with van der Waals surface area (Å²) in [5, 5.41) is 0. The molecule has 0 aliphatic heterocycles. The number of hydrogen-bond donors (Lipinski definition) is 0. The molecule has 1 heterocycles. The number of carbonyl (C=O) groups is 1. The summed E-state index contributed by atoms with van der Waals surface area (Å²) in [5.41, 5.74) is 3.80. The lowest BCUT2D eigenvalue weighted by Crippen LogP contribution is -2.32. The van der Waals surface area contributed by atoms with E-state index in [4.69, 9.17) is 0 Å². The Hall–Kier alpha value is -2.29. The molecule has 0 fully saturated rings. The van der Waals surface area contributed by atoms with Gasteiger partial charge in [-0.3, -0.25) is 4.79 Å². The van der Waals surface area contributed by atoms with Crippen LogP contribution in [0.4, 0.5) is 0 Å². The highest BCUT2D eigenvalue weighted by Gasteiger charge is 2.23. The number of carbonyl (C=O) groups excluding carboxylic acids is 1. The van der Waals surface area contributed by atoms with Gasteiger partial charge in [0.25, 0.3) is 5.91 Å². The number of thiazole rings is 1. The first-order valence-corrected chi connectivity index (χ1v) is 12.7. The van der Waals surface area contributed by atoms with Crippen molar-refractivity contribution < 1.29 is 13.2 Å². The number of fused-ring (bicyclic) bond motifs is 1. The summed E-state index contributed by atoms with van der Waals surface area (Å²) in [6.45, 7) is 9.00. The van der Waals surface area contributed by atoms with Gasteiger partial charge >= 0.3 is 0 Å². The topological polar surface area (TPSA) is 71.7 Å². The summed E-state index contributed by atoms with van der Waals surface area (Å²) < 4.78 is 30.3. The molecule has 0 radical (unpaired) electrons. The average molecular weight is 460 g/mol. The molecule has 3 rings (SSSR count). The van der Waals surface area contributed by atoms with E-state index < -0.39 is 10.0 Å². The molecule has 2 aromatic carbocycles. The summed E-state index contributed by atoms with van der Waals surface area (Å²) in [6.07, 6.45) is 1.50. The van der Waals surface area contributed by atoms with Gasteiger partial charge in [-0.1, -0.05) is 31.3 Å². The Labute approximate surface area is 187 Å². The maximum absolute atomic E-state index is 12.9. The van der Waals surface area contributed by atoms with Crippen LogP contribution >= 0.6 is 11.3 Å². The number of nitrogens with zero attached hydrogens (tertiary/aromatic N) is 3. The van der Waals surface area contributed by atoms with Gasteiger partial charge in [-0.2, -0.15) is 9.30 Å². The summed E-state index contributed by atoms with van der Waals surface area (Å²) in [4.78, 5) is 17.9. The molecule has 0 unspecified atom stereocenters. The number of hydrogen-bond acceptors (Lipinski definition) is 4. The van der Waals surface area contributed by atoms with Crippen molar-refractivity contribution in [3.8, 4) is 0 Å². The Morgan fingerprint density at radius 2 is 1.65 bits per heavy atom. The molecule has 1 amide bonds. The Morgan fingerprint density at radius 1 is 1.03 bits per heavy atom. The van der Waals surface area contributed by atoms with Crippen molar-refractivity contribution in [1.82, 2.24) is 8.87 Å². The van der Waals surface area contributed by atoms with E-state index in [1.54, 1.807) is 0 Å². The molecular formula is C23H29N3O3S2. The first kappa shape index (κ1) is 23.4. The van der Waals surface area contributed by atoms with Crippen molar-refractivity contribution >= 4 is 37.5 Å². The molecule has 0 bridgehead atoms. The van der Waals surface area contributed by atoms with E-state index in [9.17, 15) is 13.2 Å². The van der Waals surface area contributed by atoms with Crippen LogP contribution in [0.3, 0.4) is 0 Å². The molecule has 6 nitrogen and oxygen atoms in total. The summed E-state index contributed by atoms with van der Waals surface area (Å²) in [7, 11) is -1.66. The summed E-state index contributed by atoms with van der Waals surface area (Å²) in [5.74, 6) is -0.389. The van der Waals surface area contributed by atoms with Crippen LogP contribution in [-0.4, -0.2) is 36.3 Å². The van der Waals surface area contributed by atoms with E-state index in [-0.39, 0.29) is 10.8 Å². The van der Waals surface area contributed by atoms with Crippen molar-refractivity contribution in [1.29, 1.82) is 0 Å². The van der Waals surface area contributed by atoms with Gasteiger partial charge in [0, 0.05) is 25.7 Å². The molecule has 0 aliphatic rings. The second-order valence-corrected chi connectivity index (χ2v) is 10.6. The van der Waals surface area contributed by atoms with Crippen LogP contribution in [0.5, 0.6) is 0 Å². The lowest BCUT2D eigenvalue weighted by Gasteiger charge is -2.21. The van der Waals surface area contributed by atoms with Gasteiger partial charge in [0.2, 0.25) is 10.0 Å². The van der Waals surface area contributed by atoms with Crippen LogP contribution in [0.1, 0.15) is 48.2 Å². The van der Waals surface area contributed by atoms with E-state index in [2.05, 4.69) is 24.9 Å². The van der Waals surface area contributed by atoms with Gasteiger partial charge in [0.05, 0.1) is 15.1 Å². The molecule has 8 heteroatoms. The van der Waals surface area contributed by atoms with Gasteiger partial charge in [0.15, 0.2) is 4.80 Å². The maximum atomic E-state index is 12.9. The standard InChI is InChI=1S/C23H29N3O3S2/c1-6-14-26(15-7-2)31(28,29)19-11-9-18(10-12-19)22(27)24-23-25(5)21-17(4)16(3)8-13-20(21)30-23/h8-13H,6-7,14-15H2,1-5H3. The predicted octanol–water partition coefficient (Wildman–Crippen LogP) is 4.41. The van der Waals surface area contributed by atoms with Gasteiger partial charge in [0.1, 0.15) is 0 Å². The minimum atomic E-state index is -3.57. The molecule has 166 valence electrons. The zero-order chi connectivity index (χ0) is 22.8.